The van der Waals surface area contributed by atoms with E-state index in [0.29, 0.717) is 0 Å². The number of rotatable bonds is 5. The summed E-state index contributed by atoms with van der Waals surface area (Å²) >= 11 is 0. The van der Waals surface area contributed by atoms with Gasteiger partial charge in [-0.15, -0.1) is 0 Å². The van der Waals surface area contributed by atoms with Gasteiger partial charge in [0.25, 0.3) is 5.91 Å². The van der Waals surface area contributed by atoms with Crippen molar-refractivity contribution in [1.82, 2.24) is 15.1 Å². The molecular formula is C19H26F3N3O4. The van der Waals surface area contributed by atoms with Gasteiger partial charge >= 0.3 is 6.18 Å². The van der Waals surface area contributed by atoms with Crippen LogP contribution in [0, 0.1) is 0 Å². The zero-order valence-corrected chi connectivity index (χ0v) is 16.1. The van der Waals surface area contributed by atoms with Crippen molar-refractivity contribution in [3.8, 4) is 0 Å². The predicted octanol–water partition coefficient (Wildman–Crippen LogP) is 0.172. The molecule has 1 aromatic carbocycles. The van der Waals surface area contributed by atoms with Crippen LogP contribution >= 0.6 is 0 Å². The lowest BCUT2D eigenvalue weighted by molar-refractivity contribution is -0.137. The largest absolute Gasteiger partial charge is 0.416 e. The number of amides is 1. The number of aliphatic hydroxyl groups is 2. The van der Waals surface area contributed by atoms with E-state index >= 15 is 0 Å². The van der Waals surface area contributed by atoms with Crippen molar-refractivity contribution in [3.63, 3.8) is 0 Å². The Morgan fingerprint density at radius 1 is 1.17 bits per heavy atom. The Kier molecular flexibility index (Phi) is 6.79. The number of carbonyl (C=O) groups excluding carboxylic acids is 1. The molecule has 0 aromatic heterocycles. The highest BCUT2D eigenvalue weighted by Crippen LogP contribution is 2.29. The Labute approximate surface area is 167 Å². The van der Waals surface area contributed by atoms with Crippen molar-refractivity contribution < 1.29 is 32.9 Å². The maximum atomic E-state index is 12.7. The van der Waals surface area contributed by atoms with Gasteiger partial charge < -0.3 is 25.2 Å². The van der Waals surface area contributed by atoms with Crippen LogP contribution in [0.1, 0.15) is 15.9 Å². The molecule has 3 rings (SSSR count). The highest BCUT2D eigenvalue weighted by molar-refractivity contribution is 5.94. The second-order valence-electron chi connectivity index (χ2n) is 7.50. The summed E-state index contributed by atoms with van der Waals surface area (Å²) < 4.78 is 43.7. The third kappa shape index (κ3) is 5.07. The number of hydrogen-bond donors (Lipinski definition) is 3. The van der Waals surface area contributed by atoms with Gasteiger partial charge in [-0.25, -0.2) is 0 Å². The lowest BCUT2D eigenvalue weighted by Gasteiger charge is -2.39. The second kappa shape index (κ2) is 8.97. The molecule has 0 radical (unpaired) electrons. The number of hydrogen-bond acceptors (Lipinski definition) is 6. The van der Waals surface area contributed by atoms with E-state index in [1.807, 2.05) is 7.05 Å². The van der Waals surface area contributed by atoms with E-state index in [9.17, 15) is 28.2 Å². The summed E-state index contributed by atoms with van der Waals surface area (Å²) in [5.41, 5.74) is -0.719. The first kappa shape index (κ1) is 22.0. The summed E-state index contributed by atoms with van der Waals surface area (Å²) in [7, 11) is 2.01. The first-order valence-electron chi connectivity index (χ1n) is 9.53. The van der Waals surface area contributed by atoms with E-state index in [1.165, 1.54) is 0 Å². The molecule has 2 aliphatic heterocycles. The van der Waals surface area contributed by atoms with Crippen LogP contribution in [0.4, 0.5) is 13.2 Å². The standard InChI is InChI=1S/C19H26F3N3O4/c1-24-6-8-25(9-7-24)16-14(29-15(11-26)17(16)27)10-23-18(28)12-2-4-13(5-3-12)19(20,21)22/h2-5,14-17,26-27H,6-11H2,1H3,(H,23,28). The number of ether oxygens (including phenoxy) is 1. The molecule has 0 spiro atoms. The molecule has 162 valence electrons. The maximum absolute atomic E-state index is 12.7. The van der Waals surface area contributed by atoms with Crippen molar-refractivity contribution in [1.29, 1.82) is 0 Å². The molecule has 0 saturated carbocycles. The monoisotopic (exact) mass is 417 g/mol. The molecule has 2 saturated heterocycles. The molecule has 2 heterocycles. The van der Waals surface area contributed by atoms with E-state index in [1.54, 1.807) is 0 Å². The van der Waals surface area contributed by atoms with Crippen molar-refractivity contribution in [2.75, 3.05) is 46.4 Å². The molecule has 10 heteroatoms. The van der Waals surface area contributed by atoms with Gasteiger partial charge in [0, 0.05) is 38.3 Å². The smallest absolute Gasteiger partial charge is 0.394 e. The van der Waals surface area contributed by atoms with E-state index in [-0.39, 0.29) is 24.8 Å². The van der Waals surface area contributed by atoms with E-state index < -0.39 is 36.0 Å². The lowest BCUT2D eigenvalue weighted by atomic mass is 10.0. The van der Waals surface area contributed by atoms with Gasteiger partial charge in [0.05, 0.1) is 24.3 Å². The Balaban J connectivity index is 1.63. The number of carbonyl (C=O) groups is 1. The van der Waals surface area contributed by atoms with Crippen molar-refractivity contribution in [2.24, 2.45) is 0 Å². The fraction of sp³-hybridized carbons (Fsp3) is 0.632. The molecule has 4 atom stereocenters. The first-order valence-corrected chi connectivity index (χ1v) is 9.53. The van der Waals surface area contributed by atoms with Crippen LogP contribution in [0.3, 0.4) is 0 Å². The number of benzene rings is 1. The quantitative estimate of drug-likeness (QED) is 0.634. The normalized spacial score (nSPS) is 29.2. The van der Waals surface area contributed by atoms with Crippen molar-refractivity contribution in [2.45, 2.75) is 30.5 Å². The number of alkyl halides is 3. The number of nitrogens with one attached hydrogen (secondary N) is 1. The van der Waals surface area contributed by atoms with E-state index in [2.05, 4.69) is 15.1 Å². The summed E-state index contributed by atoms with van der Waals surface area (Å²) in [5, 5.41) is 22.7. The maximum Gasteiger partial charge on any atom is 0.416 e. The molecular weight excluding hydrogens is 391 g/mol. The van der Waals surface area contributed by atoms with Crippen molar-refractivity contribution >= 4 is 5.91 Å². The van der Waals surface area contributed by atoms with Gasteiger partial charge in [0.1, 0.15) is 12.2 Å². The third-order valence-electron chi connectivity index (χ3n) is 5.54. The zero-order valence-electron chi connectivity index (χ0n) is 16.1. The molecule has 0 aliphatic carbocycles. The molecule has 29 heavy (non-hydrogen) atoms. The first-order chi connectivity index (χ1) is 13.7. The summed E-state index contributed by atoms with van der Waals surface area (Å²) in [6.45, 7) is 2.85. The number of nitrogens with zero attached hydrogens (tertiary/aromatic N) is 2. The third-order valence-corrected chi connectivity index (χ3v) is 5.54. The molecule has 1 amide bonds. The Morgan fingerprint density at radius 2 is 1.79 bits per heavy atom. The molecule has 2 aliphatic rings. The van der Waals surface area contributed by atoms with Gasteiger partial charge in [0.2, 0.25) is 0 Å². The van der Waals surface area contributed by atoms with Crippen LogP contribution in [0.15, 0.2) is 24.3 Å². The average Bonchev–Trinajstić information content (AvgIpc) is 3.01. The highest BCUT2D eigenvalue weighted by Gasteiger charge is 2.46. The number of likely N-dealkylation sites (N-methyl/N-ethyl adjacent to an activating group) is 1. The predicted molar refractivity (Wildman–Crippen MR) is 98.4 cm³/mol. The minimum Gasteiger partial charge on any atom is -0.394 e. The molecule has 1 aromatic rings. The van der Waals surface area contributed by atoms with Gasteiger partial charge in [-0.05, 0) is 31.3 Å². The number of piperazine rings is 1. The highest BCUT2D eigenvalue weighted by atomic mass is 19.4. The average molecular weight is 417 g/mol. The minimum atomic E-state index is -4.46. The van der Waals surface area contributed by atoms with Crippen LogP contribution in [0.25, 0.3) is 0 Å². The van der Waals surface area contributed by atoms with Gasteiger partial charge in [-0.2, -0.15) is 13.2 Å². The second-order valence-corrected chi connectivity index (χ2v) is 7.50. The molecule has 3 N–H and O–H groups in total. The van der Waals surface area contributed by atoms with Crippen LogP contribution in [-0.4, -0.2) is 96.7 Å². The Morgan fingerprint density at radius 3 is 2.34 bits per heavy atom. The Hall–Kier alpha value is -1.72. The SMILES string of the molecule is CN1CCN(C2C(CNC(=O)c3ccc(C(F)(F)F)cc3)OC(CO)C2O)CC1. The van der Waals surface area contributed by atoms with Gasteiger partial charge in [-0.3, -0.25) is 9.69 Å². The van der Waals surface area contributed by atoms with Crippen molar-refractivity contribution in [3.05, 3.63) is 35.4 Å². The van der Waals surface area contributed by atoms with E-state index in [4.69, 9.17) is 4.74 Å². The summed E-state index contributed by atoms with van der Waals surface area (Å²) in [5.74, 6) is -0.526. The number of aliphatic hydroxyl groups excluding tert-OH is 2. The summed E-state index contributed by atoms with van der Waals surface area (Å²) in [6.07, 6.45) is -6.63. The molecule has 4 unspecified atom stereocenters. The van der Waals surface area contributed by atoms with Crippen LogP contribution in [0.2, 0.25) is 0 Å². The summed E-state index contributed by atoms with van der Waals surface area (Å²) in [6, 6.07) is 3.58. The Bertz CT molecular complexity index is 693. The fourth-order valence-electron chi connectivity index (χ4n) is 3.82. The van der Waals surface area contributed by atoms with Crippen LogP contribution < -0.4 is 5.32 Å². The van der Waals surface area contributed by atoms with Gasteiger partial charge in [0.15, 0.2) is 0 Å². The molecule has 7 nitrogen and oxygen atoms in total. The van der Waals surface area contributed by atoms with Crippen LogP contribution in [-0.2, 0) is 10.9 Å². The minimum absolute atomic E-state index is 0.0738. The zero-order chi connectivity index (χ0) is 21.2. The number of halogens is 3. The summed E-state index contributed by atoms with van der Waals surface area (Å²) in [4.78, 5) is 16.6. The lowest BCUT2D eigenvalue weighted by Crippen LogP contribution is -2.56. The van der Waals surface area contributed by atoms with E-state index in [0.717, 1.165) is 50.4 Å². The molecule has 2 fully saturated rings. The van der Waals surface area contributed by atoms with Gasteiger partial charge in [-0.1, -0.05) is 0 Å². The van der Waals surface area contributed by atoms with Crippen LogP contribution in [0.5, 0.6) is 0 Å². The molecule has 0 bridgehead atoms. The topological polar surface area (TPSA) is 85.3 Å². The fourth-order valence-corrected chi connectivity index (χ4v) is 3.82.